The van der Waals surface area contributed by atoms with Crippen molar-refractivity contribution in [3.63, 3.8) is 0 Å². The summed E-state index contributed by atoms with van der Waals surface area (Å²) in [6.07, 6.45) is 7.94. The van der Waals surface area contributed by atoms with E-state index in [4.69, 9.17) is 14.6 Å². The third kappa shape index (κ3) is 11.6. The van der Waals surface area contributed by atoms with Crippen LogP contribution in [0.25, 0.3) is 0 Å². The maximum absolute atomic E-state index is 12.0. The Labute approximate surface area is 179 Å². The number of nitrogens with one attached hydrogen (secondary N) is 2. The molecular formula is C23H36N2O5. The molecule has 0 radical (unpaired) electrons. The Bertz CT molecular complexity index is 674. The van der Waals surface area contributed by atoms with E-state index in [1.165, 1.54) is 7.11 Å². The fourth-order valence-electron chi connectivity index (χ4n) is 2.70. The molecule has 0 spiro atoms. The molecule has 1 rings (SSSR count). The van der Waals surface area contributed by atoms with Crippen LogP contribution < -0.4 is 15.4 Å². The number of amides is 2. The predicted octanol–water partition coefficient (Wildman–Crippen LogP) is 3.42. The lowest BCUT2D eigenvalue weighted by Crippen LogP contribution is -2.22. The first-order valence-electron chi connectivity index (χ1n) is 10.5. The van der Waals surface area contributed by atoms with Crippen molar-refractivity contribution in [2.24, 2.45) is 5.92 Å². The Balaban J connectivity index is 2.39. The molecule has 0 saturated heterocycles. The highest BCUT2D eigenvalue weighted by Gasteiger charge is 2.09. The van der Waals surface area contributed by atoms with Gasteiger partial charge in [-0.2, -0.15) is 0 Å². The van der Waals surface area contributed by atoms with E-state index < -0.39 is 0 Å². The van der Waals surface area contributed by atoms with Crippen LogP contribution in [0.4, 0.5) is 5.69 Å². The van der Waals surface area contributed by atoms with Gasteiger partial charge in [-0.05, 0) is 42.9 Å². The quantitative estimate of drug-likeness (QED) is 0.298. The Morgan fingerprint density at radius 1 is 1.13 bits per heavy atom. The molecule has 0 aliphatic rings. The van der Waals surface area contributed by atoms with E-state index in [2.05, 4.69) is 36.6 Å². The number of hydrogen-bond acceptors (Lipinski definition) is 5. The largest absolute Gasteiger partial charge is 0.495 e. The van der Waals surface area contributed by atoms with Gasteiger partial charge in [-0.15, -0.1) is 0 Å². The summed E-state index contributed by atoms with van der Waals surface area (Å²) in [7, 11) is 1.53. The molecule has 7 nitrogen and oxygen atoms in total. The van der Waals surface area contributed by atoms with Crippen molar-refractivity contribution in [3.8, 4) is 5.75 Å². The fourth-order valence-corrected chi connectivity index (χ4v) is 2.70. The maximum Gasteiger partial charge on any atom is 0.226 e. The number of methoxy groups -OCH3 is 1. The number of unbranched alkanes of at least 4 members (excludes halogenated alkanes) is 2. The standard InChI is InChI=1S/C23H36N2O5/c1-18(2)8-6-4-5-7-9-22(27)24-17-19-10-11-20(21(16-19)29-3)25-23(28)12-14-30-15-13-26/h6,8,10-11,16,18,26H,4-5,7,9,12-15,17H2,1-3H3,(H,24,27)(H,25,28)/b8-6+. The maximum atomic E-state index is 12.0. The van der Waals surface area contributed by atoms with Crippen LogP contribution in [-0.2, 0) is 20.9 Å². The lowest BCUT2D eigenvalue weighted by molar-refractivity contribution is -0.121. The molecule has 0 heterocycles. The van der Waals surface area contributed by atoms with Crippen LogP contribution in [0.3, 0.4) is 0 Å². The van der Waals surface area contributed by atoms with Gasteiger partial charge in [-0.1, -0.05) is 32.1 Å². The number of anilines is 1. The van der Waals surface area contributed by atoms with Gasteiger partial charge in [0.25, 0.3) is 0 Å². The Morgan fingerprint density at radius 3 is 2.63 bits per heavy atom. The zero-order valence-corrected chi connectivity index (χ0v) is 18.4. The monoisotopic (exact) mass is 420 g/mol. The summed E-state index contributed by atoms with van der Waals surface area (Å²) >= 11 is 0. The highest BCUT2D eigenvalue weighted by Crippen LogP contribution is 2.25. The first-order valence-corrected chi connectivity index (χ1v) is 10.5. The summed E-state index contributed by atoms with van der Waals surface area (Å²) in [6, 6.07) is 5.40. The molecule has 0 atom stereocenters. The topological polar surface area (TPSA) is 96.9 Å². The van der Waals surface area contributed by atoms with Crippen molar-refractivity contribution >= 4 is 17.5 Å². The molecular weight excluding hydrogens is 384 g/mol. The van der Waals surface area contributed by atoms with Crippen LogP contribution in [0.1, 0.15) is 51.5 Å². The second-order valence-electron chi connectivity index (χ2n) is 7.36. The van der Waals surface area contributed by atoms with Gasteiger partial charge in [-0.3, -0.25) is 9.59 Å². The van der Waals surface area contributed by atoms with Gasteiger partial charge in [0.1, 0.15) is 5.75 Å². The van der Waals surface area contributed by atoms with E-state index in [1.54, 1.807) is 12.1 Å². The van der Waals surface area contributed by atoms with Crippen LogP contribution in [0.2, 0.25) is 0 Å². The van der Waals surface area contributed by atoms with Crippen molar-refractivity contribution < 1.29 is 24.2 Å². The molecule has 0 aliphatic carbocycles. The number of aliphatic hydroxyl groups is 1. The molecule has 1 aromatic carbocycles. The Morgan fingerprint density at radius 2 is 1.93 bits per heavy atom. The number of hydrogen-bond donors (Lipinski definition) is 3. The predicted molar refractivity (Wildman–Crippen MR) is 118 cm³/mol. The van der Waals surface area contributed by atoms with E-state index in [0.29, 0.717) is 30.3 Å². The number of benzene rings is 1. The average Bonchev–Trinajstić information content (AvgIpc) is 2.72. The first-order chi connectivity index (χ1) is 14.5. The summed E-state index contributed by atoms with van der Waals surface area (Å²) in [5.41, 5.74) is 1.46. The number of rotatable bonds is 15. The molecule has 0 saturated carbocycles. The summed E-state index contributed by atoms with van der Waals surface area (Å²) in [6.45, 7) is 5.10. The third-order valence-corrected chi connectivity index (χ3v) is 4.28. The van der Waals surface area contributed by atoms with Gasteiger partial charge >= 0.3 is 0 Å². The van der Waals surface area contributed by atoms with Crippen molar-refractivity contribution in [2.75, 3.05) is 32.2 Å². The van der Waals surface area contributed by atoms with Gasteiger partial charge < -0.3 is 25.2 Å². The van der Waals surface area contributed by atoms with Gasteiger partial charge in [0.2, 0.25) is 11.8 Å². The lowest BCUT2D eigenvalue weighted by Gasteiger charge is -2.13. The lowest BCUT2D eigenvalue weighted by atomic mass is 10.1. The summed E-state index contributed by atoms with van der Waals surface area (Å²) in [4.78, 5) is 24.0. The van der Waals surface area contributed by atoms with E-state index in [1.807, 2.05) is 6.07 Å². The summed E-state index contributed by atoms with van der Waals surface area (Å²) in [5.74, 6) is 0.928. The average molecular weight is 421 g/mol. The van der Waals surface area contributed by atoms with Crippen molar-refractivity contribution in [2.45, 2.75) is 52.5 Å². The number of ether oxygens (including phenoxy) is 2. The normalized spacial score (nSPS) is 11.1. The second kappa shape index (κ2) is 15.5. The zero-order valence-electron chi connectivity index (χ0n) is 18.4. The minimum absolute atomic E-state index is 0.0297. The minimum Gasteiger partial charge on any atom is -0.495 e. The summed E-state index contributed by atoms with van der Waals surface area (Å²) < 4.78 is 10.4. The molecule has 2 amide bonds. The summed E-state index contributed by atoms with van der Waals surface area (Å²) in [5, 5.41) is 14.4. The smallest absolute Gasteiger partial charge is 0.226 e. The molecule has 0 bridgehead atoms. The highest BCUT2D eigenvalue weighted by atomic mass is 16.5. The number of allylic oxidation sites excluding steroid dienone is 2. The van der Waals surface area contributed by atoms with E-state index >= 15 is 0 Å². The Kier molecular flexibility index (Phi) is 13.2. The van der Waals surface area contributed by atoms with Crippen molar-refractivity contribution in [1.29, 1.82) is 0 Å². The molecule has 0 unspecified atom stereocenters. The minimum atomic E-state index is -0.199. The van der Waals surface area contributed by atoms with Gasteiger partial charge in [0, 0.05) is 13.0 Å². The number of carbonyl (C=O) groups is 2. The molecule has 1 aromatic rings. The third-order valence-electron chi connectivity index (χ3n) is 4.28. The van der Waals surface area contributed by atoms with E-state index in [-0.39, 0.29) is 38.1 Å². The molecule has 0 aliphatic heterocycles. The second-order valence-corrected chi connectivity index (χ2v) is 7.36. The van der Waals surface area contributed by atoms with Crippen molar-refractivity contribution in [1.82, 2.24) is 5.32 Å². The van der Waals surface area contributed by atoms with E-state index in [0.717, 1.165) is 24.8 Å². The van der Waals surface area contributed by atoms with Crippen LogP contribution in [-0.4, -0.2) is 43.9 Å². The fraction of sp³-hybridized carbons (Fsp3) is 0.565. The SMILES string of the molecule is COc1cc(CNC(=O)CCCC/C=C/C(C)C)ccc1NC(=O)CCOCCO. The van der Waals surface area contributed by atoms with Crippen LogP contribution in [0, 0.1) is 5.92 Å². The van der Waals surface area contributed by atoms with Crippen molar-refractivity contribution in [3.05, 3.63) is 35.9 Å². The van der Waals surface area contributed by atoms with Gasteiger partial charge in [0.15, 0.2) is 0 Å². The molecule has 0 fully saturated rings. The van der Waals surface area contributed by atoms with Crippen LogP contribution >= 0.6 is 0 Å². The Hall–Kier alpha value is -2.38. The van der Waals surface area contributed by atoms with Gasteiger partial charge in [0.05, 0.1) is 39.0 Å². The molecule has 30 heavy (non-hydrogen) atoms. The van der Waals surface area contributed by atoms with Gasteiger partial charge in [-0.25, -0.2) is 0 Å². The van der Waals surface area contributed by atoms with E-state index in [9.17, 15) is 9.59 Å². The molecule has 0 aromatic heterocycles. The van der Waals surface area contributed by atoms with Crippen LogP contribution in [0.15, 0.2) is 30.4 Å². The highest BCUT2D eigenvalue weighted by molar-refractivity contribution is 5.92. The zero-order chi connectivity index (χ0) is 22.2. The van der Waals surface area contributed by atoms with Crippen LogP contribution in [0.5, 0.6) is 5.75 Å². The molecule has 168 valence electrons. The molecule has 3 N–H and O–H groups in total. The first kappa shape index (κ1) is 25.7. The molecule has 7 heteroatoms. The number of carbonyl (C=O) groups excluding carboxylic acids is 2. The number of aliphatic hydroxyl groups excluding tert-OH is 1.